The van der Waals surface area contributed by atoms with Crippen LogP contribution in [0.4, 0.5) is 0 Å². The molecule has 1 heterocycles. The first-order valence-corrected chi connectivity index (χ1v) is 8.52. The van der Waals surface area contributed by atoms with E-state index in [9.17, 15) is 4.79 Å². The molecule has 0 saturated carbocycles. The summed E-state index contributed by atoms with van der Waals surface area (Å²) in [6.45, 7) is 5.19. The molecular formula is C20H25NO2. The van der Waals surface area contributed by atoms with Gasteiger partial charge in [-0.15, -0.1) is 0 Å². The minimum Gasteiger partial charge on any atom is -0.497 e. The monoisotopic (exact) mass is 311 g/mol. The predicted octanol–water partition coefficient (Wildman–Crippen LogP) is 4.15. The number of carbonyl (C=O) groups is 1. The molecule has 23 heavy (non-hydrogen) atoms. The lowest BCUT2D eigenvalue weighted by molar-refractivity contribution is 0.0884. The van der Waals surface area contributed by atoms with Gasteiger partial charge < -0.3 is 9.64 Å². The van der Waals surface area contributed by atoms with Crippen LogP contribution >= 0.6 is 0 Å². The van der Waals surface area contributed by atoms with Gasteiger partial charge in [-0.2, -0.15) is 0 Å². The second kappa shape index (κ2) is 7.14. The third-order valence-corrected chi connectivity index (χ3v) is 4.76. The number of ether oxygens (including phenoxy) is 1. The lowest BCUT2D eigenvalue weighted by atomic mass is 9.96. The van der Waals surface area contributed by atoms with Crippen LogP contribution in [0.5, 0.6) is 5.75 Å². The molecule has 0 amide bonds. The first kappa shape index (κ1) is 16.0. The van der Waals surface area contributed by atoms with E-state index in [0.717, 1.165) is 41.7 Å². The predicted molar refractivity (Wildman–Crippen MR) is 94.3 cm³/mol. The molecule has 0 bridgehead atoms. The fourth-order valence-corrected chi connectivity index (χ4v) is 3.40. The molecule has 0 spiro atoms. The minimum absolute atomic E-state index is 0.0452. The van der Waals surface area contributed by atoms with Crippen molar-refractivity contribution in [3.63, 3.8) is 0 Å². The molecule has 2 aromatic rings. The molecular weight excluding hydrogens is 286 g/mol. The van der Waals surface area contributed by atoms with Gasteiger partial charge in [0.1, 0.15) is 5.75 Å². The van der Waals surface area contributed by atoms with Crippen LogP contribution < -0.4 is 4.74 Å². The molecule has 3 nitrogen and oxygen atoms in total. The van der Waals surface area contributed by atoms with E-state index in [1.807, 2.05) is 36.4 Å². The van der Waals surface area contributed by atoms with Crippen LogP contribution in [0.15, 0.2) is 36.4 Å². The summed E-state index contributed by atoms with van der Waals surface area (Å²) in [7, 11) is 1.67. The van der Waals surface area contributed by atoms with Crippen LogP contribution in [-0.4, -0.2) is 37.4 Å². The Balaban J connectivity index is 1.74. The zero-order chi connectivity index (χ0) is 16.2. The first-order valence-electron chi connectivity index (χ1n) is 8.52. The molecule has 0 N–H and O–H groups in total. The van der Waals surface area contributed by atoms with Crippen molar-refractivity contribution in [3.05, 3.63) is 42.0 Å². The molecule has 0 radical (unpaired) electrons. The number of carbonyl (C=O) groups excluding carboxylic acids is 1. The van der Waals surface area contributed by atoms with E-state index in [1.165, 1.54) is 19.3 Å². The highest BCUT2D eigenvalue weighted by Gasteiger charge is 2.20. The normalized spacial score (nSPS) is 17.1. The van der Waals surface area contributed by atoms with E-state index in [1.54, 1.807) is 7.11 Å². The van der Waals surface area contributed by atoms with Crippen molar-refractivity contribution >= 4 is 16.6 Å². The van der Waals surface area contributed by atoms with Crippen LogP contribution in [0, 0.1) is 5.92 Å². The van der Waals surface area contributed by atoms with E-state index in [2.05, 4.69) is 11.8 Å². The molecule has 122 valence electrons. The zero-order valence-electron chi connectivity index (χ0n) is 14.0. The summed E-state index contributed by atoms with van der Waals surface area (Å²) < 4.78 is 5.25. The van der Waals surface area contributed by atoms with Gasteiger partial charge in [0.15, 0.2) is 5.78 Å². The highest BCUT2D eigenvalue weighted by Crippen LogP contribution is 2.23. The largest absolute Gasteiger partial charge is 0.497 e. The SMILES string of the molecule is COc1ccc2cc(C(=O)C(C)CN3CCCCC3)ccc2c1. The molecule has 2 aromatic carbocycles. The standard InChI is InChI=1S/C20H25NO2/c1-15(14-21-10-4-3-5-11-21)20(22)18-7-6-17-13-19(23-2)9-8-16(17)12-18/h6-9,12-13,15H,3-5,10-11,14H2,1-2H3. The van der Waals surface area contributed by atoms with Gasteiger partial charge in [0.05, 0.1) is 7.11 Å². The number of piperidine rings is 1. The van der Waals surface area contributed by atoms with Crippen LogP contribution in [0.1, 0.15) is 36.5 Å². The Bertz CT molecular complexity index is 689. The Kier molecular flexibility index (Phi) is 4.97. The van der Waals surface area contributed by atoms with Gasteiger partial charge in [-0.1, -0.05) is 31.5 Å². The summed E-state index contributed by atoms with van der Waals surface area (Å²) >= 11 is 0. The first-order chi connectivity index (χ1) is 11.2. The molecule has 3 rings (SSSR count). The summed E-state index contributed by atoms with van der Waals surface area (Å²) in [5.41, 5.74) is 0.812. The third-order valence-electron chi connectivity index (χ3n) is 4.76. The fourth-order valence-electron chi connectivity index (χ4n) is 3.40. The second-order valence-corrected chi connectivity index (χ2v) is 6.55. The van der Waals surface area contributed by atoms with Crippen molar-refractivity contribution in [1.82, 2.24) is 4.90 Å². The maximum absolute atomic E-state index is 12.7. The molecule has 1 saturated heterocycles. The van der Waals surface area contributed by atoms with Crippen molar-refractivity contribution < 1.29 is 9.53 Å². The topological polar surface area (TPSA) is 29.5 Å². The Labute approximate surface area is 138 Å². The average Bonchev–Trinajstić information content (AvgIpc) is 2.61. The van der Waals surface area contributed by atoms with Gasteiger partial charge in [-0.05, 0) is 54.9 Å². The molecule has 0 aliphatic carbocycles. The molecule has 1 fully saturated rings. The van der Waals surface area contributed by atoms with Crippen molar-refractivity contribution in [1.29, 1.82) is 0 Å². The van der Waals surface area contributed by atoms with Gasteiger partial charge in [0, 0.05) is 18.0 Å². The van der Waals surface area contributed by atoms with Crippen LogP contribution in [0.3, 0.4) is 0 Å². The molecule has 0 aromatic heterocycles. The summed E-state index contributed by atoms with van der Waals surface area (Å²) in [5.74, 6) is 1.13. The Morgan fingerprint density at radius 1 is 1.09 bits per heavy atom. The number of Topliss-reactive ketones (excluding diaryl/α,β-unsaturated/α-hetero) is 1. The number of likely N-dealkylation sites (tertiary alicyclic amines) is 1. The third kappa shape index (κ3) is 3.73. The van der Waals surface area contributed by atoms with E-state index < -0.39 is 0 Å². The Hall–Kier alpha value is -1.87. The van der Waals surface area contributed by atoms with Crippen molar-refractivity contribution in [2.75, 3.05) is 26.7 Å². The number of nitrogens with zero attached hydrogens (tertiary/aromatic N) is 1. The number of hydrogen-bond acceptors (Lipinski definition) is 3. The number of benzene rings is 2. The summed E-state index contributed by atoms with van der Waals surface area (Å²) in [6, 6.07) is 11.9. The minimum atomic E-state index is 0.0452. The quantitative estimate of drug-likeness (QED) is 0.777. The molecule has 1 unspecified atom stereocenters. The number of fused-ring (bicyclic) bond motifs is 1. The smallest absolute Gasteiger partial charge is 0.166 e. The van der Waals surface area contributed by atoms with Gasteiger partial charge in [-0.25, -0.2) is 0 Å². The number of methoxy groups -OCH3 is 1. The maximum atomic E-state index is 12.7. The van der Waals surface area contributed by atoms with Gasteiger partial charge in [-0.3, -0.25) is 4.79 Å². The summed E-state index contributed by atoms with van der Waals surface area (Å²) in [4.78, 5) is 15.2. The number of rotatable bonds is 5. The average molecular weight is 311 g/mol. The van der Waals surface area contributed by atoms with Crippen molar-refractivity contribution in [2.24, 2.45) is 5.92 Å². The van der Waals surface area contributed by atoms with Crippen LogP contribution in [-0.2, 0) is 0 Å². The lowest BCUT2D eigenvalue weighted by Crippen LogP contribution is -2.35. The van der Waals surface area contributed by atoms with Crippen LogP contribution in [0.25, 0.3) is 10.8 Å². The van der Waals surface area contributed by atoms with Crippen molar-refractivity contribution in [3.8, 4) is 5.75 Å². The van der Waals surface area contributed by atoms with Gasteiger partial charge in [0.2, 0.25) is 0 Å². The lowest BCUT2D eigenvalue weighted by Gasteiger charge is -2.28. The highest BCUT2D eigenvalue weighted by atomic mass is 16.5. The van der Waals surface area contributed by atoms with Gasteiger partial charge in [0.25, 0.3) is 0 Å². The van der Waals surface area contributed by atoms with E-state index in [-0.39, 0.29) is 11.7 Å². The molecule has 1 aliphatic heterocycles. The Morgan fingerprint density at radius 3 is 2.52 bits per heavy atom. The molecule has 1 atom stereocenters. The summed E-state index contributed by atoms with van der Waals surface area (Å²) in [5, 5.41) is 2.19. The summed E-state index contributed by atoms with van der Waals surface area (Å²) in [6.07, 6.45) is 3.85. The van der Waals surface area contributed by atoms with E-state index >= 15 is 0 Å². The number of hydrogen-bond donors (Lipinski definition) is 0. The number of ketones is 1. The van der Waals surface area contributed by atoms with Crippen molar-refractivity contribution in [2.45, 2.75) is 26.2 Å². The van der Waals surface area contributed by atoms with Crippen LogP contribution in [0.2, 0.25) is 0 Å². The maximum Gasteiger partial charge on any atom is 0.166 e. The Morgan fingerprint density at radius 2 is 1.78 bits per heavy atom. The van der Waals surface area contributed by atoms with E-state index in [0.29, 0.717) is 0 Å². The van der Waals surface area contributed by atoms with Gasteiger partial charge >= 0.3 is 0 Å². The molecule has 1 aliphatic rings. The zero-order valence-corrected chi connectivity index (χ0v) is 14.0. The van der Waals surface area contributed by atoms with E-state index in [4.69, 9.17) is 4.74 Å². The highest BCUT2D eigenvalue weighted by molar-refractivity contribution is 6.01. The fraction of sp³-hybridized carbons (Fsp3) is 0.450. The second-order valence-electron chi connectivity index (χ2n) is 6.55. The molecule has 3 heteroatoms.